The first-order chi connectivity index (χ1) is 12.1. The molecule has 1 aromatic rings. The van der Waals surface area contributed by atoms with Crippen LogP contribution in [0.1, 0.15) is 39.7 Å². The molecule has 0 fully saturated rings. The first-order valence-corrected chi connectivity index (χ1v) is 8.44. The van der Waals surface area contributed by atoms with Crippen LogP contribution in [-0.2, 0) is 25.5 Å². The number of methoxy groups -OCH3 is 2. The van der Waals surface area contributed by atoms with E-state index in [1.165, 1.54) is 6.08 Å². The van der Waals surface area contributed by atoms with Gasteiger partial charge in [-0.3, -0.25) is 4.79 Å². The van der Waals surface area contributed by atoms with Crippen LogP contribution in [0.15, 0.2) is 30.4 Å². The van der Waals surface area contributed by atoms with Crippen molar-refractivity contribution in [1.29, 1.82) is 0 Å². The van der Waals surface area contributed by atoms with E-state index in [9.17, 15) is 9.59 Å². The summed E-state index contributed by atoms with van der Waals surface area (Å²) in [5.74, 6) is 0.443. The second-order valence-electron chi connectivity index (χ2n) is 6.87. The Bertz CT molecular complexity index is 620. The van der Waals surface area contributed by atoms with E-state index >= 15 is 0 Å². The van der Waals surface area contributed by atoms with Crippen LogP contribution in [0.4, 0.5) is 0 Å². The maximum absolute atomic E-state index is 12.1. The van der Waals surface area contributed by atoms with Gasteiger partial charge in [0.25, 0.3) is 0 Å². The third kappa shape index (κ3) is 8.55. The topological polar surface area (TPSA) is 71.1 Å². The van der Waals surface area contributed by atoms with E-state index in [2.05, 4.69) is 0 Å². The van der Waals surface area contributed by atoms with Gasteiger partial charge in [-0.05, 0) is 45.4 Å². The quantitative estimate of drug-likeness (QED) is 0.520. The third-order valence-corrected chi connectivity index (χ3v) is 3.22. The van der Waals surface area contributed by atoms with Crippen LogP contribution in [0.5, 0.6) is 11.5 Å². The average Bonchev–Trinajstić information content (AvgIpc) is 2.52. The lowest BCUT2D eigenvalue weighted by atomic mass is 10.1. The van der Waals surface area contributed by atoms with Gasteiger partial charge >= 0.3 is 11.9 Å². The summed E-state index contributed by atoms with van der Waals surface area (Å²) in [4.78, 5) is 23.7. The van der Waals surface area contributed by atoms with Gasteiger partial charge in [0.05, 0.1) is 20.6 Å². The summed E-state index contributed by atoms with van der Waals surface area (Å²) >= 11 is 0. The van der Waals surface area contributed by atoms with Crippen molar-refractivity contribution in [2.24, 2.45) is 0 Å². The maximum Gasteiger partial charge on any atom is 0.330 e. The Morgan fingerprint density at radius 3 is 2.15 bits per heavy atom. The number of ether oxygens (including phenoxy) is 4. The zero-order valence-corrected chi connectivity index (χ0v) is 16.3. The maximum atomic E-state index is 12.1. The second kappa shape index (κ2) is 9.85. The van der Waals surface area contributed by atoms with Gasteiger partial charge in [-0.25, -0.2) is 4.79 Å². The van der Waals surface area contributed by atoms with Crippen LogP contribution in [0.3, 0.4) is 0 Å². The zero-order chi connectivity index (χ0) is 19.7. The van der Waals surface area contributed by atoms with Gasteiger partial charge in [0.15, 0.2) is 0 Å². The van der Waals surface area contributed by atoms with E-state index in [0.29, 0.717) is 17.9 Å². The van der Waals surface area contributed by atoms with Gasteiger partial charge in [-0.2, -0.15) is 0 Å². The van der Waals surface area contributed by atoms with Gasteiger partial charge in [0.2, 0.25) is 0 Å². The molecule has 0 aliphatic carbocycles. The Balaban J connectivity index is 2.51. The van der Waals surface area contributed by atoms with E-state index < -0.39 is 11.6 Å². The zero-order valence-electron chi connectivity index (χ0n) is 16.3. The van der Waals surface area contributed by atoms with Crippen LogP contribution in [0, 0.1) is 0 Å². The van der Waals surface area contributed by atoms with Gasteiger partial charge < -0.3 is 18.9 Å². The summed E-state index contributed by atoms with van der Waals surface area (Å²) in [6.07, 6.45) is 3.16. The lowest BCUT2D eigenvalue weighted by Gasteiger charge is -2.18. The van der Waals surface area contributed by atoms with E-state index in [1.807, 2.05) is 0 Å². The minimum absolute atomic E-state index is 0.105. The van der Waals surface area contributed by atoms with Crippen molar-refractivity contribution in [3.63, 3.8) is 0 Å². The van der Waals surface area contributed by atoms with Crippen LogP contribution in [-0.4, -0.2) is 37.9 Å². The first kappa shape index (κ1) is 21.5. The van der Waals surface area contributed by atoms with Crippen molar-refractivity contribution in [2.45, 2.75) is 52.2 Å². The molecule has 144 valence electrons. The van der Waals surface area contributed by atoms with E-state index in [4.69, 9.17) is 18.9 Å². The molecule has 1 rings (SSSR count). The van der Waals surface area contributed by atoms with Crippen LogP contribution in [0.25, 0.3) is 0 Å². The molecule has 0 spiro atoms. The highest BCUT2D eigenvalue weighted by Gasteiger charge is 2.14. The van der Waals surface area contributed by atoms with Gasteiger partial charge in [-0.1, -0.05) is 6.08 Å². The summed E-state index contributed by atoms with van der Waals surface area (Å²) < 4.78 is 20.9. The van der Waals surface area contributed by atoms with Crippen LogP contribution in [0.2, 0.25) is 0 Å². The highest BCUT2D eigenvalue weighted by molar-refractivity contribution is 5.82. The molecule has 6 nitrogen and oxygen atoms in total. The molecule has 0 bridgehead atoms. The van der Waals surface area contributed by atoms with Crippen LogP contribution >= 0.6 is 0 Å². The molecule has 1 aromatic carbocycles. The van der Waals surface area contributed by atoms with Crippen LogP contribution < -0.4 is 9.47 Å². The monoisotopic (exact) mass is 364 g/mol. The highest BCUT2D eigenvalue weighted by Crippen LogP contribution is 2.23. The number of hydrogen-bond acceptors (Lipinski definition) is 6. The summed E-state index contributed by atoms with van der Waals surface area (Å²) in [5, 5.41) is 0. The van der Waals surface area contributed by atoms with E-state index in [0.717, 1.165) is 5.56 Å². The van der Waals surface area contributed by atoms with E-state index in [-0.39, 0.29) is 18.5 Å². The van der Waals surface area contributed by atoms with Gasteiger partial charge in [-0.15, -0.1) is 0 Å². The molecule has 0 aliphatic rings. The fourth-order valence-electron chi connectivity index (χ4n) is 2.14. The van der Waals surface area contributed by atoms with Crippen molar-refractivity contribution < 1.29 is 28.5 Å². The minimum atomic E-state index is -0.530. The molecule has 0 N–H and O–H groups in total. The molecule has 6 heteroatoms. The standard InChI is InChI=1S/C20H28O6/c1-14(8-7-9-18(21)26-20(2,3)4)25-19(22)12-15-10-16(23-5)13-17(11-15)24-6/h7,9-11,13-14H,8,12H2,1-6H3/b9-7+/t14-/m0/s1. The summed E-state index contributed by atoms with van der Waals surface area (Å²) in [6, 6.07) is 5.26. The Hall–Kier alpha value is -2.50. The average molecular weight is 364 g/mol. The van der Waals surface area contributed by atoms with Gasteiger partial charge in [0.1, 0.15) is 23.2 Å². The molecule has 1 atom stereocenters. The molecule has 0 aromatic heterocycles. The van der Waals surface area contributed by atoms with Crippen molar-refractivity contribution in [3.05, 3.63) is 35.9 Å². The lowest BCUT2D eigenvalue weighted by Crippen LogP contribution is -2.22. The van der Waals surface area contributed by atoms with E-state index in [1.54, 1.807) is 66.2 Å². The summed E-state index contributed by atoms with van der Waals surface area (Å²) in [7, 11) is 3.10. The largest absolute Gasteiger partial charge is 0.497 e. The van der Waals surface area contributed by atoms with Crippen molar-refractivity contribution in [1.82, 2.24) is 0 Å². The number of carbonyl (C=O) groups excluding carboxylic acids is 2. The minimum Gasteiger partial charge on any atom is -0.497 e. The molecule has 26 heavy (non-hydrogen) atoms. The predicted octanol–water partition coefficient (Wildman–Crippen LogP) is 3.47. The third-order valence-electron chi connectivity index (χ3n) is 3.22. The fraction of sp³-hybridized carbons (Fsp3) is 0.500. The Labute approximate surface area is 155 Å². The van der Waals surface area contributed by atoms with Crippen molar-refractivity contribution in [3.8, 4) is 11.5 Å². The lowest BCUT2D eigenvalue weighted by molar-refractivity contribution is -0.148. The number of esters is 2. The molecule has 0 saturated heterocycles. The van der Waals surface area contributed by atoms with Crippen molar-refractivity contribution >= 4 is 11.9 Å². The molecular formula is C20H28O6. The highest BCUT2D eigenvalue weighted by atomic mass is 16.6. The van der Waals surface area contributed by atoms with Gasteiger partial charge in [0, 0.05) is 18.6 Å². The van der Waals surface area contributed by atoms with Crippen molar-refractivity contribution in [2.75, 3.05) is 14.2 Å². The number of hydrogen-bond donors (Lipinski definition) is 0. The number of rotatable bonds is 8. The second-order valence-corrected chi connectivity index (χ2v) is 6.87. The molecule has 0 radical (unpaired) electrons. The number of benzene rings is 1. The molecule has 0 unspecified atom stereocenters. The number of carbonyl (C=O) groups is 2. The Morgan fingerprint density at radius 2 is 1.65 bits per heavy atom. The Kier molecular flexibility index (Phi) is 8.16. The summed E-state index contributed by atoms with van der Waals surface area (Å²) in [6.45, 7) is 7.17. The normalized spacial score (nSPS) is 12.5. The molecule has 0 amide bonds. The summed E-state index contributed by atoms with van der Waals surface area (Å²) in [5.41, 5.74) is 0.208. The SMILES string of the molecule is COc1cc(CC(=O)O[C@@H](C)C/C=C/C(=O)OC(C)(C)C)cc(OC)c1. The molecule has 0 aliphatic heterocycles. The predicted molar refractivity (Wildman–Crippen MR) is 98.4 cm³/mol. The smallest absolute Gasteiger partial charge is 0.330 e. The fourth-order valence-corrected chi connectivity index (χ4v) is 2.14. The molecule has 0 heterocycles. The first-order valence-electron chi connectivity index (χ1n) is 8.44. The molecular weight excluding hydrogens is 336 g/mol. The molecule has 0 saturated carbocycles. The Morgan fingerprint density at radius 1 is 1.08 bits per heavy atom.